The van der Waals surface area contributed by atoms with Gasteiger partial charge in [-0.3, -0.25) is 24.6 Å². The molecule has 158 valence electrons. The molecule has 1 saturated carbocycles. The Morgan fingerprint density at radius 1 is 1.07 bits per heavy atom. The van der Waals surface area contributed by atoms with Gasteiger partial charge < -0.3 is 5.32 Å². The molecule has 0 spiro atoms. The summed E-state index contributed by atoms with van der Waals surface area (Å²) in [6.45, 7) is 0.734. The van der Waals surface area contributed by atoms with E-state index in [1.54, 1.807) is 0 Å². The van der Waals surface area contributed by atoms with Gasteiger partial charge in [0, 0.05) is 36.0 Å². The van der Waals surface area contributed by atoms with Crippen LogP contribution in [0.15, 0.2) is 48.5 Å². The van der Waals surface area contributed by atoms with E-state index in [9.17, 15) is 19.7 Å². The molecule has 30 heavy (non-hydrogen) atoms. The lowest BCUT2D eigenvalue weighted by Gasteiger charge is -2.31. The number of hydrogen-bond donors (Lipinski definition) is 1. The van der Waals surface area contributed by atoms with Gasteiger partial charge >= 0.3 is 0 Å². The molecule has 2 aromatic carbocycles. The largest absolute Gasteiger partial charge is 0.325 e. The standard InChI is InChI=1S/C23H27N3O4/c1-25(19-8-3-2-4-9-19)16-18-7-5-6-10-21(18)24-23(28)15-22(27)17-11-13-20(14-12-17)26(29)30/h5-7,10-14,19H,2-4,8-9,15-16H2,1H3,(H,24,28). The predicted molar refractivity (Wildman–Crippen MR) is 115 cm³/mol. The van der Waals surface area contributed by atoms with Crippen molar-refractivity contribution in [2.24, 2.45) is 0 Å². The summed E-state index contributed by atoms with van der Waals surface area (Å²) >= 11 is 0. The van der Waals surface area contributed by atoms with Crippen molar-refractivity contribution in [1.29, 1.82) is 0 Å². The van der Waals surface area contributed by atoms with Crippen LogP contribution in [-0.2, 0) is 11.3 Å². The first-order valence-corrected chi connectivity index (χ1v) is 10.3. The van der Waals surface area contributed by atoms with Gasteiger partial charge in [0.1, 0.15) is 0 Å². The number of carbonyl (C=O) groups is 2. The normalized spacial score (nSPS) is 14.5. The molecule has 1 aliphatic rings. The highest BCUT2D eigenvalue weighted by molar-refractivity contribution is 6.11. The first kappa shape index (κ1) is 21.6. The Labute approximate surface area is 176 Å². The summed E-state index contributed by atoms with van der Waals surface area (Å²) in [6.07, 6.45) is 5.92. The fraction of sp³-hybridized carbons (Fsp3) is 0.391. The van der Waals surface area contributed by atoms with E-state index in [0.29, 0.717) is 11.7 Å². The number of non-ortho nitro benzene ring substituents is 1. The van der Waals surface area contributed by atoms with Gasteiger partial charge in [0.05, 0.1) is 11.3 Å². The summed E-state index contributed by atoms with van der Waals surface area (Å²) < 4.78 is 0. The van der Waals surface area contributed by atoms with Gasteiger partial charge in [0.15, 0.2) is 5.78 Å². The monoisotopic (exact) mass is 409 g/mol. The number of nitro groups is 1. The molecule has 0 atom stereocenters. The van der Waals surface area contributed by atoms with Crippen molar-refractivity contribution in [1.82, 2.24) is 4.90 Å². The van der Waals surface area contributed by atoms with Crippen molar-refractivity contribution in [3.05, 3.63) is 69.8 Å². The number of nitro benzene ring substituents is 1. The van der Waals surface area contributed by atoms with Crippen LogP contribution in [0.25, 0.3) is 0 Å². The van der Waals surface area contributed by atoms with Crippen LogP contribution in [0.1, 0.15) is 54.4 Å². The molecule has 0 unspecified atom stereocenters. The first-order valence-electron chi connectivity index (χ1n) is 10.3. The van der Waals surface area contributed by atoms with Crippen LogP contribution in [0.4, 0.5) is 11.4 Å². The Bertz CT molecular complexity index is 905. The molecule has 1 aliphatic carbocycles. The third-order valence-corrected chi connectivity index (χ3v) is 5.63. The molecule has 1 fully saturated rings. The van der Waals surface area contributed by atoms with Gasteiger partial charge in [0.2, 0.25) is 5.91 Å². The zero-order valence-electron chi connectivity index (χ0n) is 17.2. The number of Topliss-reactive ketones (excluding diaryl/α,β-unsaturated/α-hetero) is 1. The molecule has 0 aliphatic heterocycles. The van der Waals surface area contributed by atoms with Crippen LogP contribution in [0.3, 0.4) is 0 Å². The van der Waals surface area contributed by atoms with Crippen LogP contribution < -0.4 is 5.32 Å². The number of hydrogen-bond acceptors (Lipinski definition) is 5. The van der Waals surface area contributed by atoms with Crippen molar-refractivity contribution >= 4 is 23.1 Å². The second kappa shape index (κ2) is 10.1. The van der Waals surface area contributed by atoms with E-state index in [0.717, 1.165) is 12.1 Å². The van der Waals surface area contributed by atoms with Gasteiger partial charge in [-0.2, -0.15) is 0 Å². The number of nitrogens with one attached hydrogen (secondary N) is 1. The van der Waals surface area contributed by atoms with Gasteiger partial charge in [-0.15, -0.1) is 0 Å². The molecule has 1 amide bonds. The van der Waals surface area contributed by atoms with Gasteiger partial charge in [-0.25, -0.2) is 0 Å². The van der Waals surface area contributed by atoms with E-state index < -0.39 is 10.8 Å². The summed E-state index contributed by atoms with van der Waals surface area (Å²) in [7, 11) is 2.12. The number of nitrogens with zero attached hydrogens (tertiary/aromatic N) is 2. The Morgan fingerprint density at radius 2 is 1.73 bits per heavy atom. The first-order chi connectivity index (χ1) is 14.4. The number of rotatable bonds is 8. The summed E-state index contributed by atoms with van der Waals surface area (Å²) in [4.78, 5) is 37.4. The van der Waals surface area contributed by atoms with E-state index in [-0.39, 0.29) is 23.5 Å². The van der Waals surface area contributed by atoms with Gasteiger partial charge in [-0.1, -0.05) is 37.5 Å². The van der Waals surface area contributed by atoms with Crippen LogP contribution in [-0.4, -0.2) is 34.6 Å². The molecular weight excluding hydrogens is 382 g/mol. The van der Waals surface area contributed by atoms with Crippen LogP contribution in [0.5, 0.6) is 0 Å². The highest BCUT2D eigenvalue weighted by Crippen LogP contribution is 2.25. The fourth-order valence-corrected chi connectivity index (χ4v) is 3.91. The Hall–Kier alpha value is -3.06. The third-order valence-electron chi connectivity index (χ3n) is 5.63. The number of para-hydroxylation sites is 1. The smallest absolute Gasteiger partial charge is 0.269 e. The van der Waals surface area contributed by atoms with E-state index in [1.165, 1.54) is 56.4 Å². The molecule has 0 aromatic heterocycles. The van der Waals surface area contributed by atoms with Crippen LogP contribution in [0.2, 0.25) is 0 Å². The van der Waals surface area contributed by atoms with Crippen molar-refractivity contribution in [3.63, 3.8) is 0 Å². The zero-order chi connectivity index (χ0) is 21.5. The summed E-state index contributed by atoms with van der Waals surface area (Å²) in [5.74, 6) is -0.773. The summed E-state index contributed by atoms with van der Waals surface area (Å²) in [6, 6.07) is 13.5. The van der Waals surface area contributed by atoms with Crippen molar-refractivity contribution in [2.45, 2.75) is 51.1 Å². The zero-order valence-corrected chi connectivity index (χ0v) is 17.2. The molecule has 1 N–H and O–H groups in total. The maximum absolute atomic E-state index is 12.5. The maximum Gasteiger partial charge on any atom is 0.269 e. The van der Waals surface area contributed by atoms with E-state index in [2.05, 4.69) is 17.3 Å². The number of anilines is 1. The van der Waals surface area contributed by atoms with Crippen molar-refractivity contribution in [3.8, 4) is 0 Å². The average Bonchev–Trinajstić information content (AvgIpc) is 2.75. The Morgan fingerprint density at radius 3 is 2.40 bits per heavy atom. The van der Waals surface area contributed by atoms with Crippen molar-refractivity contribution < 1.29 is 14.5 Å². The van der Waals surface area contributed by atoms with Crippen LogP contribution >= 0.6 is 0 Å². The molecule has 0 bridgehead atoms. The SMILES string of the molecule is CN(Cc1ccccc1NC(=O)CC(=O)c1ccc([N+](=O)[O-])cc1)C1CCCCC1. The van der Waals surface area contributed by atoms with Gasteiger partial charge in [0.25, 0.3) is 5.69 Å². The molecule has 7 nitrogen and oxygen atoms in total. The Balaban J connectivity index is 1.60. The van der Waals surface area contributed by atoms with Crippen LogP contribution in [0, 0.1) is 10.1 Å². The summed E-state index contributed by atoms with van der Waals surface area (Å²) in [5, 5.41) is 13.6. The fourth-order valence-electron chi connectivity index (χ4n) is 3.91. The van der Waals surface area contributed by atoms with E-state index >= 15 is 0 Å². The minimum Gasteiger partial charge on any atom is -0.325 e. The lowest BCUT2D eigenvalue weighted by atomic mass is 9.94. The second-order valence-corrected chi connectivity index (χ2v) is 7.82. The molecule has 0 saturated heterocycles. The quantitative estimate of drug-likeness (QED) is 0.298. The minimum absolute atomic E-state index is 0.0907. The number of ketones is 1. The summed E-state index contributed by atoms with van der Waals surface area (Å²) in [5.41, 5.74) is 1.91. The molecule has 0 heterocycles. The highest BCUT2D eigenvalue weighted by Gasteiger charge is 2.20. The molecule has 7 heteroatoms. The van der Waals surface area contributed by atoms with Crippen molar-refractivity contribution in [2.75, 3.05) is 12.4 Å². The topological polar surface area (TPSA) is 92.6 Å². The van der Waals surface area contributed by atoms with E-state index in [4.69, 9.17) is 0 Å². The molecule has 0 radical (unpaired) electrons. The molecule has 2 aromatic rings. The Kier molecular flexibility index (Phi) is 7.30. The average molecular weight is 409 g/mol. The van der Waals surface area contributed by atoms with E-state index in [1.807, 2.05) is 24.3 Å². The van der Waals surface area contributed by atoms with Gasteiger partial charge in [-0.05, 0) is 43.7 Å². The number of amides is 1. The molecule has 3 rings (SSSR count). The maximum atomic E-state index is 12.5. The second-order valence-electron chi connectivity index (χ2n) is 7.82. The lowest BCUT2D eigenvalue weighted by Crippen LogP contribution is -2.33. The minimum atomic E-state index is -0.526. The predicted octanol–water partition coefficient (Wildman–Crippen LogP) is 4.57. The third kappa shape index (κ3) is 5.73. The number of benzene rings is 2. The highest BCUT2D eigenvalue weighted by atomic mass is 16.6. The number of carbonyl (C=O) groups excluding carboxylic acids is 2. The molecular formula is C23H27N3O4. The lowest BCUT2D eigenvalue weighted by molar-refractivity contribution is -0.384.